The van der Waals surface area contributed by atoms with E-state index >= 15 is 0 Å². The van der Waals surface area contributed by atoms with Crippen molar-refractivity contribution in [1.29, 1.82) is 0 Å². The molecule has 0 fully saturated rings. The molecule has 2 aromatic rings. The van der Waals surface area contributed by atoms with Crippen LogP contribution in [0.5, 0.6) is 11.5 Å². The molecule has 2 N–H and O–H groups in total. The van der Waals surface area contributed by atoms with Crippen molar-refractivity contribution in [3.63, 3.8) is 0 Å². The number of ether oxygens (including phenoxy) is 1. The van der Waals surface area contributed by atoms with Crippen LogP contribution in [0.25, 0.3) is 0 Å². The Kier molecular flexibility index (Phi) is 4.64. The van der Waals surface area contributed by atoms with Crippen LogP contribution >= 0.6 is 23.2 Å². The minimum Gasteiger partial charge on any atom is -0.452 e. The standard InChI is InChI=1S/C14H12Cl2FNO/c15-10-4-5-11(16)13(8-10)19-14-9(6-7-18)2-1-3-12(14)17/h1-5,8H,6-7,18H2. The number of rotatable bonds is 4. The van der Waals surface area contributed by atoms with Gasteiger partial charge >= 0.3 is 0 Å². The molecule has 0 atom stereocenters. The third-order valence-corrected chi connectivity index (χ3v) is 3.11. The van der Waals surface area contributed by atoms with Crippen LogP contribution in [0.3, 0.4) is 0 Å². The van der Waals surface area contributed by atoms with Crippen LogP contribution in [0.2, 0.25) is 10.0 Å². The topological polar surface area (TPSA) is 35.2 Å². The van der Waals surface area contributed by atoms with E-state index in [1.165, 1.54) is 6.07 Å². The average molecular weight is 300 g/mol. The Morgan fingerprint density at radius 1 is 1.16 bits per heavy atom. The van der Waals surface area contributed by atoms with Gasteiger partial charge in [-0.15, -0.1) is 0 Å². The highest BCUT2D eigenvalue weighted by molar-refractivity contribution is 6.34. The number of para-hydroxylation sites is 1. The van der Waals surface area contributed by atoms with Crippen LogP contribution in [0, 0.1) is 5.82 Å². The maximum Gasteiger partial charge on any atom is 0.166 e. The first-order valence-corrected chi connectivity index (χ1v) is 6.47. The highest BCUT2D eigenvalue weighted by Crippen LogP contribution is 2.34. The summed E-state index contributed by atoms with van der Waals surface area (Å²) in [6.45, 7) is 0.406. The van der Waals surface area contributed by atoms with Crippen molar-refractivity contribution in [1.82, 2.24) is 0 Å². The highest BCUT2D eigenvalue weighted by Gasteiger charge is 2.12. The van der Waals surface area contributed by atoms with Crippen LogP contribution in [0.4, 0.5) is 4.39 Å². The number of benzene rings is 2. The fourth-order valence-electron chi connectivity index (χ4n) is 1.69. The maximum atomic E-state index is 13.8. The Bertz CT molecular complexity index is 590. The Morgan fingerprint density at radius 2 is 1.95 bits per heavy atom. The van der Waals surface area contributed by atoms with Gasteiger partial charge in [-0.3, -0.25) is 0 Å². The van der Waals surface area contributed by atoms with E-state index in [-0.39, 0.29) is 5.75 Å². The molecule has 0 aliphatic rings. The fourth-order valence-corrected chi connectivity index (χ4v) is 2.00. The molecular formula is C14H12Cl2FNO. The lowest BCUT2D eigenvalue weighted by Crippen LogP contribution is -2.05. The smallest absolute Gasteiger partial charge is 0.166 e. The molecule has 0 aliphatic carbocycles. The van der Waals surface area contributed by atoms with Crippen LogP contribution in [0.1, 0.15) is 5.56 Å². The summed E-state index contributed by atoms with van der Waals surface area (Å²) in [5.41, 5.74) is 6.19. The van der Waals surface area contributed by atoms with E-state index in [0.29, 0.717) is 34.3 Å². The first-order chi connectivity index (χ1) is 9.11. The fraction of sp³-hybridized carbons (Fsp3) is 0.143. The monoisotopic (exact) mass is 299 g/mol. The number of hydrogen-bond donors (Lipinski definition) is 1. The summed E-state index contributed by atoms with van der Waals surface area (Å²) in [5, 5.41) is 0.836. The van der Waals surface area contributed by atoms with Gasteiger partial charge in [-0.05, 0) is 36.7 Å². The van der Waals surface area contributed by atoms with Gasteiger partial charge < -0.3 is 10.5 Å². The lowest BCUT2D eigenvalue weighted by molar-refractivity contribution is 0.436. The highest BCUT2D eigenvalue weighted by atomic mass is 35.5. The molecule has 0 radical (unpaired) electrons. The van der Waals surface area contributed by atoms with Gasteiger partial charge in [0, 0.05) is 11.1 Å². The summed E-state index contributed by atoms with van der Waals surface area (Å²) in [6.07, 6.45) is 0.519. The normalized spacial score (nSPS) is 10.5. The lowest BCUT2D eigenvalue weighted by atomic mass is 10.1. The second-order valence-electron chi connectivity index (χ2n) is 3.94. The van der Waals surface area contributed by atoms with Crippen LogP contribution in [0.15, 0.2) is 36.4 Å². The van der Waals surface area contributed by atoms with Crippen molar-refractivity contribution < 1.29 is 9.13 Å². The summed E-state index contributed by atoms with van der Waals surface area (Å²) in [4.78, 5) is 0. The van der Waals surface area contributed by atoms with E-state index in [0.717, 1.165) is 0 Å². The van der Waals surface area contributed by atoms with Crippen molar-refractivity contribution in [3.05, 3.63) is 57.8 Å². The molecule has 0 bridgehead atoms. The zero-order valence-corrected chi connectivity index (χ0v) is 11.5. The minimum absolute atomic E-state index is 0.136. The van der Waals surface area contributed by atoms with E-state index in [4.69, 9.17) is 33.7 Å². The van der Waals surface area contributed by atoms with Crippen molar-refractivity contribution in [2.75, 3.05) is 6.54 Å². The Labute approximate surface area is 120 Å². The van der Waals surface area contributed by atoms with Crippen molar-refractivity contribution in [2.24, 2.45) is 5.73 Å². The number of nitrogens with two attached hydrogens (primary N) is 1. The average Bonchev–Trinajstić information content (AvgIpc) is 2.38. The maximum absolute atomic E-state index is 13.8. The third-order valence-electron chi connectivity index (χ3n) is 2.57. The van der Waals surface area contributed by atoms with Gasteiger partial charge in [-0.2, -0.15) is 0 Å². The summed E-state index contributed by atoms with van der Waals surface area (Å²) in [5.74, 6) is -0.00310. The molecule has 2 aromatic carbocycles. The molecule has 0 saturated heterocycles. The minimum atomic E-state index is -0.456. The Morgan fingerprint density at radius 3 is 2.68 bits per heavy atom. The summed E-state index contributed by atoms with van der Waals surface area (Å²) >= 11 is 11.9. The molecule has 0 spiro atoms. The Balaban J connectivity index is 2.39. The first-order valence-electron chi connectivity index (χ1n) is 5.72. The van der Waals surface area contributed by atoms with E-state index < -0.39 is 5.82 Å². The second-order valence-corrected chi connectivity index (χ2v) is 4.79. The predicted molar refractivity (Wildman–Crippen MR) is 75.7 cm³/mol. The van der Waals surface area contributed by atoms with Crippen LogP contribution < -0.4 is 10.5 Å². The van der Waals surface area contributed by atoms with Gasteiger partial charge in [-0.25, -0.2) is 4.39 Å². The molecule has 0 saturated carbocycles. The second kappa shape index (κ2) is 6.24. The first kappa shape index (κ1) is 14.1. The molecule has 19 heavy (non-hydrogen) atoms. The molecule has 0 amide bonds. The zero-order chi connectivity index (χ0) is 13.8. The van der Waals surface area contributed by atoms with Gasteiger partial charge in [0.15, 0.2) is 11.6 Å². The van der Waals surface area contributed by atoms with Crippen molar-refractivity contribution >= 4 is 23.2 Å². The molecule has 0 heterocycles. The SMILES string of the molecule is NCCc1cccc(F)c1Oc1cc(Cl)ccc1Cl. The summed E-state index contributed by atoms with van der Waals surface area (Å²) < 4.78 is 19.4. The van der Waals surface area contributed by atoms with Crippen LogP contribution in [-0.2, 0) is 6.42 Å². The van der Waals surface area contributed by atoms with Crippen LogP contribution in [-0.4, -0.2) is 6.54 Å². The van der Waals surface area contributed by atoms with Gasteiger partial charge in [0.25, 0.3) is 0 Å². The Hall–Kier alpha value is -1.29. The van der Waals surface area contributed by atoms with Crippen molar-refractivity contribution in [2.45, 2.75) is 6.42 Å². The molecule has 0 aliphatic heterocycles. The molecule has 0 aromatic heterocycles. The molecule has 100 valence electrons. The summed E-state index contributed by atoms with van der Waals surface area (Å²) in [6, 6.07) is 9.49. The summed E-state index contributed by atoms with van der Waals surface area (Å²) in [7, 11) is 0. The van der Waals surface area contributed by atoms with Crippen molar-refractivity contribution in [3.8, 4) is 11.5 Å². The molecule has 2 rings (SSSR count). The lowest BCUT2D eigenvalue weighted by Gasteiger charge is -2.12. The van der Waals surface area contributed by atoms with Gasteiger partial charge in [-0.1, -0.05) is 35.3 Å². The van der Waals surface area contributed by atoms with Gasteiger partial charge in [0.05, 0.1) is 5.02 Å². The quantitative estimate of drug-likeness (QED) is 0.906. The van der Waals surface area contributed by atoms with E-state index in [1.54, 1.807) is 30.3 Å². The number of halogens is 3. The molecular weight excluding hydrogens is 288 g/mol. The zero-order valence-electron chi connectivity index (χ0n) is 10.00. The van der Waals surface area contributed by atoms with Gasteiger partial charge in [0.2, 0.25) is 0 Å². The number of hydrogen-bond acceptors (Lipinski definition) is 2. The van der Waals surface area contributed by atoms with Gasteiger partial charge in [0.1, 0.15) is 5.75 Å². The van der Waals surface area contributed by atoms with E-state index in [9.17, 15) is 4.39 Å². The predicted octanol–water partition coefficient (Wildman–Crippen LogP) is 4.43. The van der Waals surface area contributed by atoms with E-state index in [1.807, 2.05) is 0 Å². The third kappa shape index (κ3) is 3.38. The molecule has 2 nitrogen and oxygen atoms in total. The van der Waals surface area contributed by atoms with E-state index in [2.05, 4.69) is 0 Å². The molecule has 0 unspecified atom stereocenters. The molecule has 5 heteroatoms. The largest absolute Gasteiger partial charge is 0.452 e.